The molecule has 0 N–H and O–H groups in total. The molecule has 22 heavy (non-hydrogen) atoms. The minimum Gasteiger partial charge on any atom is -0.496 e. The number of methoxy groups -OCH3 is 1. The van der Waals surface area contributed by atoms with Crippen molar-refractivity contribution in [2.75, 3.05) is 7.11 Å². The van der Waals surface area contributed by atoms with Crippen LogP contribution in [-0.4, -0.2) is 7.11 Å². The molecule has 0 saturated heterocycles. The molecule has 0 heterocycles. The molecule has 1 aliphatic rings. The van der Waals surface area contributed by atoms with Crippen molar-refractivity contribution in [3.63, 3.8) is 0 Å². The first-order chi connectivity index (χ1) is 10.8. The van der Waals surface area contributed by atoms with Crippen LogP contribution in [0.4, 0.5) is 0 Å². The minimum absolute atomic E-state index is 0.275. The fourth-order valence-electron chi connectivity index (χ4n) is 3.61. The van der Waals surface area contributed by atoms with Crippen LogP contribution >= 0.6 is 0 Å². The third kappa shape index (κ3) is 1.86. The molecular weight excluding hydrogens is 268 g/mol. The third-order valence-electron chi connectivity index (χ3n) is 4.58. The highest BCUT2D eigenvalue weighted by Crippen LogP contribution is 2.46. The molecule has 0 amide bonds. The lowest BCUT2D eigenvalue weighted by atomic mass is 9.85. The van der Waals surface area contributed by atoms with Crippen molar-refractivity contribution >= 4 is 16.8 Å². The minimum atomic E-state index is 0.275. The molecule has 108 valence electrons. The standard InChI is InChI=1S/C21H18O/c1-14-13-16-8-4-6-10-18(16)20(14)21-17-9-5-3-7-15(17)11-12-19(21)22-2/h3-13,20H,1-2H3. The summed E-state index contributed by atoms with van der Waals surface area (Å²) in [6, 6.07) is 21.4. The number of allylic oxidation sites excluding steroid dienone is 1. The number of rotatable bonds is 2. The van der Waals surface area contributed by atoms with Crippen molar-refractivity contribution in [2.45, 2.75) is 12.8 Å². The van der Waals surface area contributed by atoms with Crippen molar-refractivity contribution in [3.8, 4) is 5.75 Å². The summed E-state index contributed by atoms with van der Waals surface area (Å²) in [5, 5.41) is 2.53. The summed E-state index contributed by atoms with van der Waals surface area (Å²) in [5.41, 5.74) is 5.34. The van der Waals surface area contributed by atoms with Gasteiger partial charge in [0.1, 0.15) is 5.75 Å². The second-order valence-electron chi connectivity index (χ2n) is 5.85. The van der Waals surface area contributed by atoms with Gasteiger partial charge in [-0.25, -0.2) is 0 Å². The van der Waals surface area contributed by atoms with Gasteiger partial charge in [0.15, 0.2) is 0 Å². The average Bonchev–Trinajstić information content (AvgIpc) is 2.89. The molecule has 0 fully saturated rings. The Balaban J connectivity index is 2.04. The lowest BCUT2D eigenvalue weighted by Gasteiger charge is -2.20. The van der Waals surface area contributed by atoms with Crippen molar-refractivity contribution in [3.05, 3.63) is 82.9 Å². The molecule has 0 aliphatic heterocycles. The molecule has 1 aliphatic carbocycles. The summed E-state index contributed by atoms with van der Waals surface area (Å²) >= 11 is 0. The molecule has 0 radical (unpaired) electrons. The second-order valence-corrected chi connectivity index (χ2v) is 5.85. The topological polar surface area (TPSA) is 9.23 Å². The lowest BCUT2D eigenvalue weighted by Crippen LogP contribution is -2.03. The maximum absolute atomic E-state index is 5.70. The predicted octanol–water partition coefficient (Wildman–Crippen LogP) is 5.40. The number of hydrogen-bond acceptors (Lipinski definition) is 1. The van der Waals surface area contributed by atoms with E-state index in [1.807, 2.05) is 0 Å². The summed E-state index contributed by atoms with van der Waals surface area (Å²) in [5.74, 6) is 1.24. The quantitative estimate of drug-likeness (QED) is 0.613. The van der Waals surface area contributed by atoms with Gasteiger partial charge < -0.3 is 4.74 Å². The van der Waals surface area contributed by atoms with Gasteiger partial charge >= 0.3 is 0 Å². The van der Waals surface area contributed by atoms with Gasteiger partial charge in [-0.2, -0.15) is 0 Å². The third-order valence-corrected chi connectivity index (χ3v) is 4.58. The SMILES string of the molecule is COc1ccc2ccccc2c1C1C(C)=Cc2ccccc21. The molecule has 1 unspecified atom stereocenters. The molecule has 0 aromatic heterocycles. The van der Waals surface area contributed by atoms with Crippen LogP contribution in [0.25, 0.3) is 16.8 Å². The van der Waals surface area contributed by atoms with Gasteiger partial charge in [-0.3, -0.25) is 0 Å². The van der Waals surface area contributed by atoms with E-state index in [9.17, 15) is 0 Å². The van der Waals surface area contributed by atoms with Gasteiger partial charge in [0.25, 0.3) is 0 Å². The second kappa shape index (κ2) is 5.03. The van der Waals surface area contributed by atoms with Gasteiger partial charge in [-0.05, 0) is 34.9 Å². The zero-order valence-corrected chi connectivity index (χ0v) is 12.8. The molecule has 1 heteroatoms. The van der Waals surface area contributed by atoms with Gasteiger partial charge in [-0.15, -0.1) is 0 Å². The van der Waals surface area contributed by atoms with Crippen molar-refractivity contribution in [1.82, 2.24) is 0 Å². The highest BCUT2D eigenvalue weighted by Gasteiger charge is 2.27. The van der Waals surface area contributed by atoms with Gasteiger partial charge in [0.2, 0.25) is 0 Å². The zero-order chi connectivity index (χ0) is 15.1. The molecule has 0 spiro atoms. The summed E-state index contributed by atoms with van der Waals surface area (Å²) in [6.07, 6.45) is 2.29. The Morgan fingerprint density at radius 3 is 2.50 bits per heavy atom. The molecule has 1 nitrogen and oxygen atoms in total. The van der Waals surface area contributed by atoms with Crippen LogP contribution in [-0.2, 0) is 0 Å². The molecule has 0 bridgehead atoms. The number of fused-ring (bicyclic) bond motifs is 2. The fraction of sp³-hybridized carbons (Fsp3) is 0.143. The van der Waals surface area contributed by atoms with Crippen LogP contribution in [0, 0.1) is 0 Å². The predicted molar refractivity (Wildman–Crippen MR) is 92.4 cm³/mol. The Kier molecular flexibility index (Phi) is 3.00. The van der Waals surface area contributed by atoms with Crippen LogP contribution in [0.1, 0.15) is 29.5 Å². The van der Waals surface area contributed by atoms with E-state index in [4.69, 9.17) is 4.74 Å². The molecule has 3 aromatic rings. The zero-order valence-electron chi connectivity index (χ0n) is 12.8. The molecular formula is C21H18O. The van der Waals surface area contributed by atoms with Crippen LogP contribution in [0.15, 0.2) is 66.2 Å². The lowest BCUT2D eigenvalue weighted by molar-refractivity contribution is 0.410. The Bertz CT molecular complexity index is 889. The van der Waals surface area contributed by atoms with Crippen LogP contribution in [0.3, 0.4) is 0 Å². The summed E-state index contributed by atoms with van der Waals surface area (Å²) < 4.78 is 5.70. The Morgan fingerprint density at radius 2 is 1.64 bits per heavy atom. The number of ether oxygens (including phenoxy) is 1. The van der Waals surface area contributed by atoms with Gasteiger partial charge in [0, 0.05) is 11.5 Å². The van der Waals surface area contributed by atoms with Gasteiger partial charge in [0.05, 0.1) is 7.11 Å². The van der Waals surface area contributed by atoms with Crippen LogP contribution < -0.4 is 4.74 Å². The van der Waals surface area contributed by atoms with Crippen molar-refractivity contribution in [2.24, 2.45) is 0 Å². The van der Waals surface area contributed by atoms with E-state index in [-0.39, 0.29) is 5.92 Å². The Hall–Kier alpha value is -2.54. The highest BCUT2D eigenvalue weighted by atomic mass is 16.5. The summed E-state index contributed by atoms with van der Waals surface area (Å²) in [7, 11) is 1.76. The first kappa shape index (κ1) is 13.1. The van der Waals surface area contributed by atoms with Crippen LogP contribution in [0.2, 0.25) is 0 Å². The maximum atomic E-state index is 5.70. The largest absolute Gasteiger partial charge is 0.496 e. The van der Waals surface area contributed by atoms with E-state index >= 15 is 0 Å². The molecule has 4 rings (SSSR count). The van der Waals surface area contributed by atoms with Crippen LogP contribution in [0.5, 0.6) is 5.75 Å². The fourth-order valence-corrected chi connectivity index (χ4v) is 3.61. The van der Waals surface area contributed by atoms with E-state index in [1.165, 1.54) is 33.0 Å². The summed E-state index contributed by atoms with van der Waals surface area (Å²) in [4.78, 5) is 0. The van der Waals surface area contributed by atoms with E-state index in [1.54, 1.807) is 7.11 Å². The molecule has 1 atom stereocenters. The first-order valence-electron chi connectivity index (χ1n) is 7.62. The normalized spacial score (nSPS) is 16.5. The maximum Gasteiger partial charge on any atom is 0.123 e. The van der Waals surface area contributed by atoms with E-state index in [2.05, 4.69) is 73.7 Å². The summed E-state index contributed by atoms with van der Waals surface area (Å²) in [6.45, 7) is 2.21. The average molecular weight is 286 g/mol. The first-order valence-corrected chi connectivity index (χ1v) is 7.62. The van der Waals surface area contributed by atoms with Crippen molar-refractivity contribution < 1.29 is 4.74 Å². The monoisotopic (exact) mass is 286 g/mol. The van der Waals surface area contributed by atoms with Gasteiger partial charge in [-0.1, -0.05) is 66.2 Å². The van der Waals surface area contributed by atoms with E-state index in [0.29, 0.717) is 0 Å². The molecule has 3 aromatic carbocycles. The highest BCUT2D eigenvalue weighted by molar-refractivity contribution is 5.90. The Morgan fingerprint density at radius 1 is 0.864 bits per heavy atom. The van der Waals surface area contributed by atoms with E-state index < -0.39 is 0 Å². The number of hydrogen-bond donors (Lipinski definition) is 0. The number of benzene rings is 3. The smallest absolute Gasteiger partial charge is 0.123 e. The Labute approximate surface area is 130 Å². The van der Waals surface area contributed by atoms with Crippen molar-refractivity contribution in [1.29, 1.82) is 0 Å². The van der Waals surface area contributed by atoms with E-state index in [0.717, 1.165) is 5.75 Å². The molecule has 0 saturated carbocycles.